The molecule has 4 heteroatoms. The predicted octanol–water partition coefficient (Wildman–Crippen LogP) is 3.55. The van der Waals surface area contributed by atoms with Crippen LogP contribution in [0.15, 0.2) is 29.6 Å². The van der Waals surface area contributed by atoms with Crippen LogP contribution in [0.25, 0.3) is 0 Å². The van der Waals surface area contributed by atoms with Crippen molar-refractivity contribution < 1.29 is 0 Å². The van der Waals surface area contributed by atoms with Gasteiger partial charge in [0.2, 0.25) is 0 Å². The van der Waals surface area contributed by atoms with Crippen LogP contribution in [-0.2, 0) is 18.5 Å². The van der Waals surface area contributed by atoms with Crippen molar-refractivity contribution in [3.05, 3.63) is 45.9 Å². The Morgan fingerprint density at radius 1 is 1.29 bits per heavy atom. The number of benzene rings is 1. The number of anilines is 1. The lowest BCUT2D eigenvalue weighted by atomic mass is 9.98. The Morgan fingerprint density at radius 3 is 2.86 bits per heavy atom. The summed E-state index contributed by atoms with van der Waals surface area (Å²) >= 11 is 1.78. The fourth-order valence-electron chi connectivity index (χ4n) is 2.61. The van der Waals surface area contributed by atoms with Gasteiger partial charge in [0.25, 0.3) is 0 Å². The lowest BCUT2D eigenvalue weighted by molar-refractivity contribution is 0.582. The molecule has 1 aromatic carbocycles. The average Bonchev–Trinajstić information content (AvgIpc) is 2.82. The minimum atomic E-state index is 0.140. The van der Waals surface area contributed by atoms with Gasteiger partial charge < -0.3 is 10.2 Å². The largest absolute Gasteiger partial charge is 0.364 e. The van der Waals surface area contributed by atoms with Gasteiger partial charge in [-0.3, -0.25) is 0 Å². The highest BCUT2D eigenvalue weighted by atomic mass is 32.1. The van der Waals surface area contributed by atoms with Crippen LogP contribution in [-0.4, -0.2) is 18.1 Å². The van der Waals surface area contributed by atoms with E-state index in [2.05, 4.69) is 60.6 Å². The number of para-hydroxylation sites is 1. The molecule has 1 aliphatic rings. The molecule has 21 heavy (non-hydrogen) atoms. The normalized spacial score (nSPS) is 15.7. The third-order valence-electron chi connectivity index (χ3n) is 3.75. The van der Waals surface area contributed by atoms with Crippen molar-refractivity contribution in [2.75, 3.05) is 18.0 Å². The number of thiazole rings is 1. The van der Waals surface area contributed by atoms with Crippen LogP contribution in [0.1, 0.15) is 37.0 Å². The van der Waals surface area contributed by atoms with E-state index in [4.69, 9.17) is 4.98 Å². The standard InChI is InChI=1S/C17H23N3S/c1-17(2,3)16-19-14(12-21-16)11-20-9-8-18-10-13-6-4-5-7-15(13)20/h4-7,12,18H,8-11H2,1-3H3. The van der Waals surface area contributed by atoms with E-state index in [1.807, 2.05) is 0 Å². The van der Waals surface area contributed by atoms with E-state index in [-0.39, 0.29) is 5.41 Å². The zero-order valence-corrected chi connectivity index (χ0v) is 13.8. The lowest BCUT2D eigenvalue weighted by Crippen LogP contribution is -2.28. The van der Waals surface area contributed by atoms with Crippen LogP contribution in [0.5, 0.6) is 0 Å². The molecule has 0 aliphatic carbocycles. The summed E-state index contributed by atoms with van der Waals surface area (Å²) in [5.41, 5.74) is 4.04. The minimum absolute atomic E-state index is 0.140. The van der Waals surface area contributed by atoms with Crippen LogP contribution in [0.3, 0.4) is 0 Å². The highest BCUT2D eigenvalue weighted by Gasteiger charge is 2.20. The first-order valence-electron chi connectivity index (χ1n) is 7.52. The Bertz CT molecular complexity index is 612. The first-order chi connectivity index (χ1) is 10.0. The van der Waals surface area contributed by atoms with Crippen LogP contribution in [0.2, 0.25) is 0 Å². The Labute approximate surface area is 131 Å². The van der Waals surface area contributed by atoms with E-state index in [0.717, 1.165) is 26.2 Å². The summed E-state index contributed by atoms with van der Waals surface area (Å²) < 4.78 is 0. The number of rotatable bonds is 2. The molecule has 3 nitrogen and oxygen atoms in total. The molecule has 1 N–H and O–H groups in total. The second kappa shape index (κ2) is 5.78. The molecule has 0 fully saturated rings. The molecule has 0 radical (unpaired) electrons. The maximum absolute atomic E-state index is 4.84. The first kappa shape index (κ1) is 14.5. The van der Waals surface area contributed by atoms with Crippen molar-refractivity contribution in [2.45, 2.75) is 39.3 Å². The smallest absolute Gasteiger partial charge is 0.0982 e. The van der Waals surface area contributed by atoms with E-state index >= 15 is 0 Å². The van der Waals surface area contributed by atoms with Gasteiger partial charge in [-0.1, -0.05) is 39.0 Å². The Kier molecular flexibility index (Phi) is 4.00. The second-order valence-electron chi connectivity index (χ2n) is 6.62. The SMILES string of the molecule is CC(C)(C)c1nc(CN2CCNCc3ccccc32)cs1. The maximum Gasteiger partial charge on any atom is 0.0982 e. The summed E-state index contributed by atoms with van der Waals surface area (Å²) in [5.74, 6) is 0. The van der Waals surface area contributed by atoms with Crippen molar-refractivity contribution in [1.82, 2.24) is 10.3 Å². The molecule has 0 saturated carbocycles. The van der Waals surface area contributed by atoms with Crippen molar-refractivity contribution in [3.63, 3.8) is 0 Å². The summed E-state index contributed by atoms with van der Waals surface area (Å²) in [7, 11) is 0. The van der Waals surface area contributed by atoms with Crippen LogP contribution >= 0.6 is 11.3 Å². The lowest BCUT2D eigenvalue weighted by Gasteiger charge is -2.23. The number of nitrogens with zero attached hydrogens (tertiary/aromatic N) is 2. The molecule has 1 aliphatic heterocycles. The molecule has 2 heterocycles. The Morgan fingerprint density at radius 2 is 2.10 bits per heavy atom. The molecule has 0 atom stereocenters. The van der Waals surface area contributed by atoms with E-state index in [1.54, 1.807) is 11.3 Å². The van der Waals surface area contributed by atoms with Gasteiger partial charge in [-0.2, -0.15) is 0 Å². The fraction of sp³-hybridized carbons (Fsp3) is 0.471. The quantitative estimate of drug-likeness (QED) is 0.919. The number of fused-ring (bicyclic) bond motifs is 1. The van der Waals surface area contributed by atoms with Gasteiger partial charge in [0.05, 0.1) is 17.2 Å². The monoisotopic (exact) mass is 301 g/mol. The van der Waals surface area contributed by atoms with Gasteiger partial charge in [-0.05, 0) is 11.6 Å². The van der Waals surface area contributed by atoms with Crippen molar-refractivity contribution in [3.8, 4) is 0 Å². The van der Waals surface area contributed by atoms with Gasteiger partial charge in [0, 0.05) is 36.1 Å². The molecule has 0 bridgehead atoms. The number of hydrogen-bond acceptors (Lipinski definition) is 4. The molecule has 1 aromatic heterocycles. The topological polar surface area (TPSA) is 28.2 Å². The van der Waals surface area contributed by atoms with Crippen molar-refractivity contribution in [1.29, 1.82) is 0 Å². The summed E-state index contributed by atoms with van der Waals surface area (Å²) in [6.45, 7) is 10.6. The molecule has 2 aromatic rings. The highest BCUT2D eigenvalue weighted by Crippen LogP contribution is 2.28. The Balaban J connectivity index is 1.83. The fourth-order valence-corrected chi connectivity index (χ4v) is 3.51. The second-order valence-corrected chi connectivity index (χ2v) is 7.48. The molecular formula is C17H23N3S. The molecule has 0 spiro atoms. The van der Waals surface area contributed by atoms with Gasteiger partial charge in [0.1, 0.15) is 0 Å². The average molecular weight is 301 g/mol. The van der Waals surface area contributed by atoms with Gasteiger partial charge in [-0.25, -0.2) is 4.98 Å². The first-order valence-corrected chi connectivity index (χ1v) is 8.40. The molecule has 0 saturated heterocycles. The van der Waals surface area contributed by atoms with Gasteiger partial charge >= 0.3 is 0 Å². The highest BCUT2D eigenvalue weighted by molar-refractivity contribution is 7.09. The van der Waals surface area contributed by atoms with Crippen LogP contribution in [0, 0.1) is 0 Å². The maximum atomic E-state index is 4.84. The zero-order valence-electron chi connectivity index (χ0n) is 13.0. The number of hydrogen-bond donors (Lipinski definition) is 1. The summed E-state index contributed by atoms with van der Waals surface area (Å²) in [4.78, 5) is 7.28. The molecule has 0 amide bonds. The van der Waals surface area contributed by atoms with Gasteiger partial charge in [-0.15, -0.1) is 11.3 Å². The van der Waals surface area contributed by atoms with E-state index in [1.165, 1.54) is 22.0 Å². The van der Waals surface area contributed by atoms with E-state index in [9.17, 15) is 0 Å². The van der Waals surface area contributed by atoms with E-state index < -0.39 is 0 Å². The van der Waals surface area contributed by atoms with Crippen LogP contribution in [0.4, 0.5) is 5.69 Å². The molecule has 3 rings (SSSR count). The summed E-state index contributed by atoms with van der Waals surface area (Å²) in [5, 5.41) is 6.92. The van der Waals surface area contributed by atoms with Crippen molar-refractivity contribution in [2.24, 2.45) is 0 Å². The third kappa shape index (κ3) is 3.27. The van der Waals surface area contributed by atoms with E-state index in [0.29, 0.717) is 0 Å². The van der Waals surface area contributed by atoms with Gasteiger partial charge in [0.15, 0.2) is 0 Å². The zero-order chi connectivity index (χ0) is 14.9. The van der Waals surface area contributed by atoms with Crippen LogP contribution < -0.4 is 10.2 Å². The predicted molar refractivity (Wildman–Crippen MR) is 90.0 cm³/mol. The number of aromatic nitrogens is 1. The molecule has 112 valence electrons. The Hall–Kier alpha value is -1.39. The molecule has 0 unspecified atom stereocenters. The molecular weight excluding hydrogens is 278 g/mol. The summed E-state index contributed by atoms with van der Waals surface area (Å²) in [6, 6.07) is 8.67. The number of nitrogens with one attached hydrogen (secondary N) is 1. The minimum Gasteiger partial charge on any atom is -0.364 e. The van der Waals surface area contributed by atoms with Crippen molar-refractivity contribution >= 4 is 17.0 Å². The summed E-state index contributed by atoms with van der Waals surface area (Å²) in [6.07, 6.45) is 0. The third-order valence-corrected chi connectivity index (χ3v) is 5.07.